The number of carbonyl (C=O) groups is 2. The van der Waals surface area contributed by atoms with E-state index in [0.29, 0.717) is 11.3 Å². The van der Waals surface area contributed by atoms with E-state index in [9.17, 15) is 9.59 Å². The second kappa shape index (κ2) is 8.11. The summed E-state index contributed by atoms with van der Waals surface area (Å²) < 4.78 is 0. The molecule has 0 aliphatic carbocycles. The van der Waals surface area contributed by atoms with Crippen molar-refractivity contribution in [3.8, 4) is 6.07 Å². The largest absolute Gasteiger partial charge is 0.326 e. The third kappa shape index (κ3) is 4.92. The van der Waals surface area contributed by atoms with E-state index in [1.807, 2.05) is 31.2 Å². The number of anilines is 2. The van der Waals surface area contributed by atoms with Gasteiger partial charge in [0.25, 0.3) is 0 Å². The Morgan fingerprint density at radius 3 is 2.44 bits per heavy atom. The highest BCUT2D eigenvalue weighted by molar-refractivity contribution is 6.08. The third-order valence-electron chi connectivity index (χ3n) is 3.79. The van der Waals surface area contributed by atoms with Gasteiger partial charge in [-0.25, -0.2) is 0 Å². The number of hydrogen-bond donors (Lipinski definition) is 2. The Kier molecular flexibility index (Phi) is 5.91. The molecular formula is C20H21N3O2. The first kappa shape index (κ1) is 18.2. The Bertz CT molecular complexity index is 835. The molecule has 2 aromatic carbocycles. The van der Waals surface area contributed by atoms with Gasteiger partial charge in [0, 0.05) is 11.4 Å². The van der Waals surface area contributed by atoms with Crippen molar-refractivity contribution in [3.05, 3.63) is 59.2 Å². The highest BCUT2D eigenvalue weighted by atomic mass is 16.2. The van der Waals surface area contributed by atoms with E-state index in [1.165, 1.54) is 0 Å². The molecule has 0 fully saturated rings. The van der Waals surface area contributed by atoms with Crippen molar-refractivity contribution in [3.63, 3.8) is 0 Å². The summed E-state index contributed by atoms with van der Waals surface area (Å²) in [6.07, 6.45) is -0.289. The highest BCUT2D eigenvalue weighted by Crippen LogP contribution is 2.27. The first-order chi connectivity index (χ1) is 11.9. The van der Waals surface area contributed by atoms with Gasteiger partial charge in [0.05, 0.1) is 11.6 Å². The van der Waals surface area contributed by atoms with Crippen molar-refractivity contribution < 1.29 is 9.59 Å². The third-order valence-corrected chi connectivity index (χ3v) is 3.79. The summed E-state index contributed by atoms with van der Waals surface area (Å²) in [5, 5.41) is 14.4. The summed E-state index contributed by atoms with van der Waals surface area (Å²) in [6, 6.07) is 14.4. The fraction of sp³-hybridized carbons (Fsp3) is 0.250. The van der Waals surface area contributed by atoms with Gasteiger partial charge in [0.15, 0.2) is 0 Å². The van der Waals surface area contributed by atoms with Gasteiger partial charge in [0.2, 0.25) is 11.8 Å². The maximum absolute atomic E-state index is 12.2. The summed E-state index contributed by atoms with van der Waals surface area (Å²) in [5.41, 5.74) is 3.71. The maximum atomic E-state index is 12.2. The predicted octanol–water partition coefficient (Wildman–Crippen LogP) is 3.96. The topological polar surface area (TPSA) is 82.0 Å². The number of carbonyl (C=O) groups excluding carboxylic acids is 2. The Balaban J connectivity index is 2.03. The number of rotatable bonds is 5. The number of para-hydroxylation sites is 1. The van der Waals surface area contributed by atoms with Gasteiger partial charge in [-0.15, -0.1) is 0 Å². The normalized spacial score (nSPS) is 10.2. The lowest BCUT2D eigenvalue weighted by Crippen LogP contribution is -2.22. The highest BCUT2D eigenvalue weighted by Gasteiger charge is 2.15. The zero-order valence-electron chi connectivity index (χ0n) is 14.6. The number of hydrogen-bond acceptors (Lipinski definition) is 3. The molecule has 0 unspecified atom stereocenters. The quantitative estimate of drug-likeness (QED) is 0.812. The number of benzene rings is 2. The van der Waals surface area contributed by atoms with Crippen LogP contribution in [0, 0.1) is 18.3 Å². The van der Waals surface area contributed by atoms with Gasteiger partial charge in [-0.3, -0.25) is 9.59 Å². The molecule has 0 atom stereocenters. The molecule has 5 heteroatoms. The first-order valence-corrected chi connectivity index (χ1v) is 8.10. The van der Waals surface area contributed by atoms with Crippen LogP contribution in [0.2, 0.25) is 0 Å². The van der Waals surface area contributed by atoms with E-state index in [0.717, 1.165) is 16.8 Å². The number of amides is 2. The summed E-state index contributed by atoms with van der Waals surface area (Å²) in [4.78, 5) is 24.3. The molecule has 2 aromatic rings. The Morgan fingerprint density at radius 2 is 1.76 bits per heavy atom. The molecule has 0 bridgehead atoms. The first-order valence-electron chi connectivity index (χ1n) is 8.10. The molecule has 2 rings (SSSR count). The van der Waals surface area contributed by atoms with Crippen LogP contribution in [-0.4, -0.2) is 11.8 Å². The van der Waals surface area contributed by atoms with Gasteiger partial charge in [-0.1, -0.05) is 38.1 Å². The van der Waals surface area contributed by atoms with E-state index in [4.69, 9.17) is 5.26 Å². The molecule has 0 spiro atoms. The average Bonchev–Trinajstić information content (AvgIpc) is 2.56. The lowest BCUT2D eigenvalue weighted by Gasteiger charge is -2.16. The van der Waals surface area contributed by atoms with E-state index in [1.54, 1.807) is 24.3 Å². The molecule has 0 radical (unpaired) electrons. The lowest BCUT2D eigenvalue weighted by molar-refractivity contribution is -0.123. The fourth-order valence-electron chi connectivity index (χ4n) is 2.54. The monoisotopic (exact) mass is 335 g/mol. The Labute approximate surface area is 147 Å². The maximum Gasteiger partial charge on any atom is 0.233 e. The molecule has 25 heavy (non-hydrogen) atoms. The minimum atomic E-state index is -0.424. The van der Waals surface area contributed by atoms with Gasteiger partial charge in [-0.05, 0) is 42.2 Å². The van der Waals surface area contributed by atoms with Crippen LogP contribution in [-0.2, 0) is 9.59 Å². The SMILES string of the molecule is Cc1cccc(C(C)C)c1NC(=O)CC(=O)Nc1cccc(C#N)c1. The van der Waals surface area contributed by atoms with Crippen molar-refractivity contribution in [2.24, 2.45) is 0 Å². The summed E-state index contributed by atoms with van der Waals surface area (Å²) in [7, 11) is 0. The summed E-state index contributed by atoms with van der Waals surface area (Å²) in [6.45, 7) is 6.04. The number of nitriles is 1. The molecule has 2 N–H and O–H groups in total. The van der Waals surface area contributed by atoms with Crippen LogP contribution in [0.4, 0.5) is 11.4 Å². The smallest absolute Gasteiger partial charge is 0.233 e. The molecule has 5 nitrogen and oxygen atoms in total. The minimum absolute atomic E-state index is 0.262. The lowest BCUT2D eigenvalue weighted by atomic mass is 9.98. The zero-order valence-corrected chi connectivity index (χ0v) is 14.6. The van der Waals surface area contributed by atoms with Gasteiger partial charge >= 0.3 is 0 Å². The van der Waals surface area contributed by atoms with Crippen LogP contribution in [0.3, 0.4) is 0 Å². The Hall–Kier alpha value is -3.13. The average molecular weight is 335 g/mol. The van der Waals surface area contributed by atoms with Crippen molar-refractivity contribution >= 4 is 23.2 Å². The van der Waals surface area contributed by atoms with Crippen LogP contribution in [0.25, 0.3) is 0 Å². The number of aryl methyl sites for hydroxylation is 1. The molecule has 0 aliphatic rings. The van der Waals surface area contributed by atoms with Gasteiger partial charge < -0.3 is 10.6 Å². The summed E-state index contributed by atoms with van der Waals surface area (Å²) >= 11 is 0. The van der Waals surface area contributed by atoms with E-state index in [2.05, 4.69) is 24.5 Å². The zero-order chi connectivity index (χ0) is 18.4. The van der Waals surface area contributed by atoms with Crippen molar-refractivity contribution in [2.45, 2.75) is 33.1 Å². The molecular weight excluding hydrogens is 314 g/mol. The van der Waals surface area contributed by atoms with Crippen LogP contribution in [0.15, 0.2) is 42.5 Å². The van der Waals surface area contributed by atoms with Crippen LogP contribution >= 0.6 is 0 Å². The van der Waals surface area contributed by atoms with Crippen LogP contribution in [0.5, 0.6) is 0 Å². The molecule has 0 heterocycles. The standard InChI is InChI=1S/C20H21N3O2/c1-13(2)17-9-4-6-14(3)20(17)23-19(25)11-18(24)22-16-8-5-7-15(10-16)12-21/h4-10,13H,11H2,1-3H3,(H,22,24)(H,23,25). The van der Waals surface area contributed by atoms with E-state index in [-0.39, 0.29) is 18.2 Å². The molecule has 0 saturated heterocycles. The molecule has 0 aromatic heterocycles. The minimum Gasteiger partial charge on any atom is -0.326 e. The van der Waals surface area contributed by atoms with Gasteiger partial charge in [0.1, 0.15) is 6.42 Å². The fourth-order valence-corrected chi connectivity index (χ4v) is 2.54. The van der Waals surface area contributed by atoms with Crippen molar-refractivity contribution in [2.75, 3.05) is 10.6 Å². The van der Waals surface area contributed by atoms with Gasteiger partial charge in [-0.2, -0.15) is 5.26 Å². The number of nitrogens with zero attached hydrogens (tertiary/aromatic N) is 1. The van der Waals surface area contributed by atoms with E-state index < -0.39 is 5.91 Å². The molecule has 0 aliphatic heterocycles. The molecule has 0 saturated carbocycles. The van der Waals surface area contributed by atoms with Crippen LogP contribution < -0.4 is 10.6 Å². The van der Waals surface area contributed by atoms with Crippen molar-refractivity contribution in [1.82, 2.24) is 0 Å². The summed E-state index contributed by atoms with van der Waals surface area (Å²) in [5.74, 6) is -0.532. The van der Waals surface area contributed by atoms with E-state index >= 15 is 0 Å². The van der Waals surface area contributed by atoms with Crippen LogP contribution in [0.1, 0.15) is 42.9 Å². The second-order valence-electron chi connectivity index (χ2n) is 6.16. The molecule has 2 amide bonds. The number of nitrogens with one attached hydrogen (secondary N) is 2. The van der Waals surface area contributed by atoms with Crippen molar-refractivity contribution in [1.29, 1.82) is 5.26 Å². The molecule has 128 valence electrons. The predicted molar refractivity (Wildman–Crippen MR) is 98.3 cm³/mol. The Morgan fingerprint density at radius 1 is 1.08 bits per heavy atom. The second-order valence-corrected chi connectivity index (χ2v) is 6.16.